The van der Waals surface area contributed by atoms with Gasteiger partial charge in [0.2, 0.25) is 6.30 Å². The third-order valence-electron chi connectivity index (χ3n) is 3.30. The lowest BCUT2D eigenvalue weighted by atomic mass is 10.0. The first-order valence-corrected chi connectivity index (χ1v) is 6.63. The number of hydrogen-bond donors (Lipinski definition) is 1. The van der Waals surface area contributed by atoms with Crippen molar-refractivity contribution < 1.29 is 17.9 Å². The molecule has 1 aromatic rings. The van der Waals surface area contributed by atoms with E-state index in [0.29, 0.717) is 23.5 Å². The van der Waals surface area contributed by atoms with Gasteiger partial charge in [0.25, 0.3) is 6.43 Å². The Morgan fingerprint density at radius 1 is 1.35 bits per heavy atom. The van der Waals surface area contributed by atoms with E-state index >= 15 is 0 Å². The molecule has 3 nitrogen and oxygen atoms in total. The Morgan fingerprint density at radius 2 is 2.05 bits per heavy atom. The summed E-state index contributed by atoms with van der Waals surface area (Å²) in [5.74, 6) is 0.611. The summed E-state index contributed by atoms with van der Waals surface area (Å²) < 4.78 is 45.2. The van der Waals surface area contributed by atoms with Crippen LogP contribution in [0.4, 0.5) is 24.5 Å². The molecule has 1 aliphatic heterocycles. The van der Waals surface area contributed by atoms with E-state index < -0.39 is 18.8 Å². The average molecular weight is 288 g/mol. The van der Waals surface area contributed by atoms with Crippen LogP contribution in [0.25, 0.3) is 0 Å². The molecule has 2 atom stereocenters. The number of benzene rings is 1. The number of nitrogen functional groups attached to an aromatic ring is 1. The maximum absolute atomic E-state index is 14.0. The summed E-state index contributed by atoms with van der Waals surface area (Å²) in [5, 5.41) is 0. The van der Waals surface area contributed by atoms with E-state index in [1.54, 1.807) is 6.07 Å². The van der Waals surface area contributed by atoms with E-state index in [1.165, 1.54) is 12.1 Å². The summed E-state index contributed by atoms with van der Waals surface area (Å²) in [6.45, 7) is 4.11. The fraction of sp³-hybridized carbons (Fsp3) is 0.571. The van der Waals surface area contributed by atoms with Crippen molar-refractivity contribution in [1.82, 2.24) is 0 Å². The Kier molecular flexibility index (Phi) is 4.30. The van der Waals surface area contributed by atoms with Gasteiger partial charge >= 0.3 is 0 Å². The van der Waals surface area contributed by atoms with E-state index in [1.807, 2.05) is 13.8 Å². The van der Waals surface area contributed by atoms with Crippen LogP contribution in [-0.2, 0) is 0 Å². The van der Waals surface area contributed by atoms with Gasteiger partial charge in [-0.2, -0.15) is 0 Å². The van der Waals surface area contributed by atoms with E-state index in [2.05, 4.69) is 0 Å². The minimum absolute atomic E-state index is 0.182. The molecule has 1 aliphatic rings. The maximum Gasteiger partial charge on any atom is 0.287 e. The smallest absolute Gasteiger partial charge is 0.287 e. The van der Waals surface area contributed by atoms with Gasteiger partial charge < -0.3 is 15.4 Å². The molecule has 0 amide bonds. The molecule has 2 N–H and O–H groups in total. The number of rotatable bonds is 4. The molecule has 0 spiro atoms. The summed E-state index contributed by atoms with van der Waals surface area (Å²) >= 11 is 0. The zero-order valence-electron chi connectivity index (χ0n) is 11.5. The van der Waals surface area contributed by atoms with Gasteiger partial charge in [-0.15, -0.1) is 0 Å². The molecule has 112 valence electrons. The van der Waals surface area contributed by atoms with Crippen molar-refractivity contribution in [3.05, 3.63) is 18.2 Å². The Balaban J connectivity index is 2.37. The normalized spacial score (nSPS) is 19.9. The molecular formula is C14H19F3N2O. The van der Waals surface area contributed by atoms with Crippen molar-refractivity contribution in [3.8, 4) is 5.75 Å². The van der Waals surface area contributed by atoms with Crippen LogP contribution in [0.15, 0.2) is 18.2 Å². The van der Waals surface area contributed by atoms with Crippen LogP contribution in [-0.4, -0.2) is 25.4 Å². The Hall–Kier alpha value is -1.59. The largest absolute Gasteiger partial charge is 0.489 e. The first-order valence-electron chi connectivity index (χ1n) is 6.63. The highest BCUT2D eigenvalue weighted by Crippen LogP contribution is 2.39. The van der Waals surface area contributed by atoms with Crippen molar-refractivity contribution >= 4 is 11.4 Å². The Labute approximate surface area is 116 Å². The summed E-state index contributed by atoms with van der Waals surface area (Å²) in [6.07, 6.45) is -4.82. The number of ether oxygens (including phenoxy) is 1. The summed E-state index contributed by atoms with van der Waals surface area (Å²) in [5.41, 5.74) is 6.43. The molecule has 6 heteroatoms. The van der Waals surface area contributed by atoms with Crippen molar-refractivity contribution in [3.63, 3.8) is 0 Å². The van der Waals surface area contributed by atoms with Crippen LogP contribution in [0.1, 0.15) is 20.3 Å². The van der Waals surface area contributed by atoms with E-state index in [4.69, 9.17) is 10.5 Å². The van der Waals surface area contributed by atoms with Gasteiger partial charge in [0.05, 0.1) is 11.7 Å². The van der Waals surface area contributed by atoms with Crippen LogP contribution in [0.3, 0.4) is 0 Å². The SMILES string of the molecule is CC(C)C[C@@H]1COc2cc(N)ccc2N1C(F)C(F)F. The van der Waals surface area contributed by atoms with Gasteiger partial charge in [0.15, 0.2) is 0 Å². The lowest BCUT2D eigenvalue weighted by Gasteiger charge is -2.41. The molecule has 0 aromatic heterocycles. The van der Waals surface area contributed by atoms with E-state index in [-0.39, 0.29) is 12.5 Å². The first kappa shape index (κ1) is 14.8. The molecule has 0 saturated carbocycles. The number of anilines is 2. The second-order valence-electron chi connectivity index (χ2n) is 5.44. The summed E-state index contributed by atoms with van der Waals surface area (Å²) in [7, 11) is 0. The molecule has 0 fully saturated rings. The monoisotopic (exact) mass is 288 g/mol. The standard InChI is InChI=1S/C14H19F3N2O/c1-8(2)5-10-7-20-12-6-9(18)3-4-11(12)19(10)14(17)13(15)16/h3-4,6,8,10,13-14H,5,7,18H2,1-2H3/t10-,14?/m1/s1. The van der Waals surface area contributed by atoms with Crippen molar-refractivity contribution in [2.24, 2.45) is 5.92 Å². The predicted molar refractivity (Wildman–Crippen MR) is 73.0 cm³/mol. The second kappa shape index (κ2) is 5.81. The van der Waals surface area contributed by atoms with Gasteiger partial charge in [-0.1, -0.05) is 13.8 Å². The fourth-order valence-corrected chi connectivity index (χ4v) is 2.50. The van der Waals surface area contributed by atoms with Gasteiger partial charge in [-0.25, -0.2) is 13.2 Å². The highest BCUT2D eigenvalue weighted by molar-refractivity contribution is 5.66. The third-order valence-corrected chi connectivity index (χ3v) is 3.30. The highest BCUT2D eigenvalue weighted by atomic mass is 19.3. The van der Waals surface area contributed by atoms with Gasteiger partial charge in [-0.3, -0.25) is 0 Å². The Bertz CT molecular complexity index is 468. The number of alkyl halides is 3. The quantitative estimate of drug-likeness (QED) is 0.681. The summed E-state index contributed by atoms with van der Waals surface area (Å²) in [6, 6.07) is 4.22. The van der Waals surface area contributed by atoms with Crippen molar-refractivity contribution in [1.29, 1.82) is 0 Å². The molecule has 0 saturated heterocycles. The molecule has 1 heterocycles. The third kappa shape index (κ3) is 2.94. The molecule has 20 heavy (non-hydrogen) atoms. The van der Waals surface area contributed by atoms with Gasteiger partial charge in [0, 0.05) is 11.8 Å². The molecule has 0 radical (unpaired) electrons. The minimum atomic E-state index is -3.06. The van der Waals surface area contributed by atoms with Crippen LogP contribution in [0.2, 0.25) is 0 Å². The first-order chi connectivity index (χ1) is 9.40. The minimum Gasteiger partial charge on any atom is -0.489 e. The zero-order chi connectivity index (χ0) is 14.9. The van der Waals surface area contributed by atoms with Crippen LogP contribution in [0, 0.1) is 5.92 Å². The van der Waals surface area contributed by atoms with Crippen molar-refractivity contribution in [2.75, 3.05) is 17.2 Å². The lowest BCUT2D eigenvalue weighted by molar-refractivity contribution is 0.0357. The number of halogens is 3. The average Bonchev–Trinajstić information content (AvgIpc) is 2.37. The predicted octanol–water partition coefficient (Wildman–Crippen LogP) is 3.44. The molecule has 1 unspecified atom stereocenters. The van der Waals surface area contributed by atoms with E-state index in [0.717, 1.165) is 4.90 Å². The molecular weight excluding hydrogens is 269 g/mol. The lowest BCUT2D eigenvalue weighted by Crippen LogP contribution is -2.50. The van der Waals surface area contributed by atoms with Crippen LogP contribution in [0.5, 0.6) is 5.75 Å². The number of hydrogen-bond acceptors (Lipinski definition) is 3. The number of nitrogens with two attached hydrogens (primary N) is 1. The highest BCUT2D eigenvalue weighted by Gasteiger charge is 2.37. The van der Waals surface area contributed by atoms with E-state index in [9.17, 15) is 13.2 Å². The zero-order valence-corrected chi connectivity index (χ0v) is 11.5. The molecule has 1 aromatic carbocycles. The van der Waals surface area contributed by atoms with Crippen LogP contribution >= 0.6 is 0 Å². The fourth-order valence-electron chi connectivity index (χ4n) is 2.50. The number of fused-ring (bicyclic) bond motifs is 1. The topological polar surface area (TPSA) is 38.5 Å². The summed E-state index contributed by atoms with van der Waals surface area (Å²) in [4.78, 5) is 1.13. The molecule has 0 bridgehead atoms. The molecule has 0 aliphatic carbocycles. The van der Waals surface area contributed by atoms with Crippen molar-refractivity contribution in [2.45, 2.75) is 39.0 Å². The number of nitrogens with zero attached hydrogens (tertiary/aromatic N) is 1. The van der Waals surface area contributed by atoms with Gasteiger partial charge in [-0.05, 0) is 24.5 Å². The van der Waals surface area contributed by atoms with Crippen LogP contribution < -0.4 is 15.4 Å². The van der Waals surface area contributed by atoms with Gasteiger partial charge in [0.1, 0.15) is 12.4 Å². The molecule has 2 rings (SSSR count). The maximum atomic E-state index is 14.0. The second-order valence-corrected chi connectivity index (χ2v) is 5.44. The Morgan fingerprint density at radius 3 is 2.65 bits per heavy atom.